The fraction of sp³-hybridized carbons (Fsp3) is 0.350. The fourth-order valence-electron chi connectivity index (χ4n) is 3.79. The van der Waals surface area contributed by atoms with Gasteiger partial charge in [-0.1, -0.05) is 18.2 Å². The van der Waals surface area contributed by atoms with Gasteiger partial charge in [0.1, 0.15) is 11.9 Å². The lowest BCUT2D eigenvalue weighted by Gasteiger charge is -2.34. The van der Waals surface area contributed by atoms with Gasteiger partial charge in [0, 0.05) is 37.7 Å². The zero-order valence-electron chi connectivity index (χ0n) is 15.5. The van der Waals surface area contributed by atoms with Gasteiger partial charge in [0.05, 0.1) is 18.1 Å². The average Bonchev–Trinajstić information content (AvgIpc) is 2.94. The summed E-state index contributed by atoms with van der Waals surface area (Å²) in [4.78, 5) is 15.3. The van der Waals surface area contributed by atoms with Crippen LogP contribution in [-0.2, 0) is 13.6 Å². The second-order valence-corrected chi connectivity index (χ2v) is 7.73. The SMILES string of the molecule is COc1ccc(CN2CCNC(n3c(=O)n(C)c4c(Br)cccc43)C2)cc1. The highest BCUT2D eigenvalue weighted by atomic mass is 79.9. The Morgan fingerprint density at radius 3 is 2.74 bits per heavy atom. The minimum absolute atomic E-state index is 0.000646. The first-order chi connectivity index (χ1) is 13.1. The maximum atomic E-state index is 12.9. The number of nitrogens with one attached hydrogen (secondary N) is 1. The van der Waals surface area contributed by atoms with Crippen molar-refractivity contribution in [3.63, 3.8) is 0 Å². The van der Waals surface area contributed by atoms with E-state index in [1.165, 1.54) is 5.56 Å². The lowest BCUT2D eigenvalue weighted by Crippen LogP contribution is -2.49. The number of para-hydroxylation sites is 1. The molecule has 2 aromatic carbocycles. The molecule has 1 aliphatic rings. The van der Waals surface area contributed by atoms with Crippen molar-refractivity contribution in [3.8, 4) is 5.75 Å². The Morgan fingerprint density at radius 1 is 1.22 bits per heavy atom. The highest BCUT2D eigenvalue weighted by Crippen LogP contribution is 2.25. The third-order valence-electron chi connectivity index (χ3n) is 5.17. The molecule has 0 saturated carbocycles. The van der Waals surface area contributed by atoms with Crippen LogP contribution in [0.15, 0.2) is 51.7 Å². The molecule has 0 spiro atoms. The van der Waals surface area contributed by atoms with Crippen LogP contribution in [0.2, 0.25) is 0 Å². The van der Waals surface area contributed by atoms with Gasteiger partial charge in [-0.2, -0.15) is 0 Å². The van der Waals surface area contributed by atoms with Crippen LogP contribution < -0.4 is 15.7 Å². The number of hydrogen-bond acceptors (Lipinski definition) is 4. The number of aryl methyl sites for hydroxylation is 1. The zero-order chi connectivity index (χ0) is 19.0. The fourth-order valence-corrected chi connectivity index (χ4v) is 4.41. The van der Waals surface area contributed by atoms with Crippen molar-refractivity contribution in [3.05, 3.63) is 63.0 Å². The summed E-state index contributed by atoms with van der Waals surface area (Å²) in [7, 11) is 3.50. The Labute approximate surface area is 166 Å². The van der Waals surface area contributed by atoms with Crippen molar-refractivity contribution in [1.29, 1.82) is 0 Å². The standard InChI is InChI=1S/C20H23BrN4O2/c1-23-19-16(21)4-3-5-17(19)25(20(23)26)18-13-24(11-10-22-18)12-14-6-8-15(27-2)9-7-14/h3-9,18,22H,10-13H2,1-2H3. The number of hydrogen-bond donors (Lipinski definition) is 1. The van der Waals surface area contributed by atoms with Crippen molar-refractivity contribution in [2.75, 3.05) is 26.7 Å². The molecule has 142 valence electrons. The van der Waals surface area contributed by atoms with E-state index in [1.54, 1.807) is 11.7 Å². The predicted molar refractivity (Wildman–Crippen MR) is 110 cm³/mol. The summed E-state index contributed by atoms with van der Waals surface area (Å²) in [5, 5.41) is 3.51. The van der Waals surface area contributed by atoms with E-state index in [9.17, 15) is 4.79 Å². The van der Waals surface area contributed by atoms with E-state index in [1.807, 2.05) is 41.9 Å². The van der Waals surface area contributed by atoms with E-state index in [2.05, 4.69) is 38.3 Å². The maximum Gasteiger partial charge on any atom is 0.330 e. The van der Waals surface area contributed by atoms with Gasteiger partial charge in [0.25, 0.3) is 0 Å². The van der Waals surface area contributed by atoms with E-state index in [4.69, 9.17) is 4.74 Å². The van der Waals surface area contributed by atoms with Crippen LogP contribution in [0, 0.1) is 0 Å². The quantitative estimate of drug-likeness (QED) is 0.691. The Hall–Kier alpha value is -2.09. The third-order valence-corrected chi connectivity index (χ3v) is 5.81. The van der Waals surface area contributed by atoms with Crippen LogP contribution in [0.4, 0.5) is 0 Å². The molecule has 3 aromatic rings. The zero-order valence-corrected chi connectivity index (χ0v) is 17.1. The summed E-state index contributed by atoms with van der Waals surface area (Å²) in [6.07, 6.45) is -0.0532. The first-order valence-electron chi connectivity index (χ1n) is 9.02. The molecular weight excluding hydrogens is 408 g/mol. The lowest BCUT2D eigenvalue weighted by molar-refractivity contribution is 0.159. The first-order valence-corrected chi connectivity index (χ1v) is 9.82. The molecule has 1 atom stereocenters. The van der Waals surface area contributed by atoms with E-state index in [0.717, 1.165) is 47.4 Å². The van der Waals surface area contributed by atoms with Gasteiger partial charge in [-0.05, 0) is 45.8 Å². The van der Waals surface area contributed by atoms with Crippen LogP contribution in [0.5, 0.6) is 5.75 Å². The number of benzene rings is 2. The highest BCUT2D eigenvalue weighted by Gasteiger charge is 2.25. The lowest BCUT2D eigenvalue weighted by atomic mass is 10.2. The summed E-state index contributed by atoms with van der Waals surface area (Å²) in [6.45, 7) is 3.42. The molecule has 1 saturated heterocycles. The number of aromatic nitrogens is 2. The molecule has 0 aliphatic carbocycles. The number of halogens is 1. The largest absolute Gasteiger partial charge is 0.497 e. The van der Waals surface area contributed by atoms with Crippen LogP contribution >= 0.6 is 15.9 Å². The minimum Gasteiger partial charge on any atom is -0.497 e. The Bertz CT molecular complexity index is 1010. The van der Waals surface area contributed by atoms with Crippen molar-refractivity contribution < 1.29 is 4.74 Å². The Kier molecular flexibility index (Phi) is 5.08. The van der Waals surface area contributed by atoms with Gasteiger partial charge < -0.3 is 4.74 Å². The molecular formula is C20H23BrN4O2. The second kappa shape index (κ2) is 7.50. The first kappa shape index (κ1) is 18.3. The van der Waals surface area contributed by atoms with Crippen molar-refractivity contribution in [2.24, 2.45) is 7.05 Å². The summed E-state index contributed by atoms with van der Waals surface area (Å²) < 4.78 is 9.75. The Morgan fingerprint density at radius 2 is 2.00 bits per heavy atom. The van der Waals surface area contributed by atoms with Gasteiger partial charge in [-0.15, -0.1) is 0 Å². The topological polar surface area (TPSA) is 51.4 Å². The number of ether oxygens (including phenoxy) is 1. The number of imidazole rings is 1. The smallest absolute Gasteiger partial charge is 0.330 e. The van der Waals surface area contributed by atoms with Gasteiger partial charge in [-0.3, -0.25) is 19.4 Å². The summed E-state index contributed by atoms with van der Waals surface area (Å²) >= 11 is 3.57. The van der Waals surface area contributed by atoms with Crippen LogP contribution in [-0.4, -0.2) is 40.8 Å². The van der Waals surface area contributed by atoms with Crippen LogP contribution in [0.3, 0.4) is 0 Å². The molecule has 1 aliphatic heterocycles. The number of nitrogens with zero attached hydrogens (tertiary/aromatic N) is 3. The predicted octanol–water partition coefficient (Wildman–Crippen LogP) is 2.72. The molecule has 1 aromatic heterocycles. The molecule has 1 unspecified atom stereocenters. The monoisotopic (exact) mass is 430 g/mol. The van der Waals surface area contributed by atoms with Crippen LogP contribution in [0.1, 0.15) is 11.7 Å². The maximum absolute atomic E-state index is 12.9. The third kappa shape index (κ3) is 3.42. The molecule has 4 rings (SSSR count). The second-order valence-electron chi connectivity index (χ2n) is 6.87. The van der Waals surface area contributed by atoms with Crippen LogP contribution in [0.25, 0.3) is 11.0 Å². The molecule has 6 nitrogen and oxygen atoms in total. The summed E-state index contributed by atoms with van der Waals surface area (Å²) in [5.74, 6) is 0.866. The summed E-state index contributed by atoms with van der Waals surface area (Å²) in [5.41, 5.74) is 3.11. The number of piperazine rings is 1. The molecule has 1 N–H and O–H groups in total. The van der Waals surface area contributed by atoms with Crippen molar-refractivity contribution in [1.82, 2.24) is 19.4 Å². The van der Waals surface area contributed by atoms with Gasteiger partial charge >= 0.3 is 5.69 Å². The normalized spacial score (nSPS) is 18.1. The van der Waals surface area contributed by atoms with E-state index in [-0.39, 0.29) is 11.9 Å². The minimum atomic E-state index is -0.0532. The van der Waals surface area contributed by atoms with Gasteiger partial charge in [0.15, 0.2) is 0 Å². The molecule has 27 heavy (non-hydrogen) atoms. The molecule has 7 heteroatoms. The molecule has 2 heterocycles. The van der Waals surface area contributed by atoms with E-state index < -0.39 is 0 Å². The Balaban J connectivity index is 1.60. The molecule has 0 bridgehead atoms. The van der Waals surface area contributed by atoms with E-state index in [0.29, 0.717) is 0 Å². The highest BCUT2D eigenvalue weighted by molar-refractivity contribution is 9.10. The van der Waals surface area contributed by atoms with Gasteiger partial charge in [-0.25, -0.2) is 4.79 Å². The van der Waals surface area contributed by atoms with Gasteiger partial charge in [0.2, 0.25) is 0 Å². The summed E-state index contributed by atoms with van der Waals surface area (Å²) in [6, 6.07) is 14.1. The number of fused-ring (bicyclic) bond motifs is 1. The number of rotatable bonds is 4. The van der Waals surface area contributed by atoms with Crippen molar-refractivity contribution in [2.45, 2.75) is 12.7 Å². The molecule has 0 amide bonds. The van der Waals surface area contributed by atoms with Crippen molar-refractivity contribution >= 4 is 27.0 Å². The van der Waals surface area contributed by atoms with E-state index >= 15 is 0 Å². The molecule has 0 radical (unpaired) electrons. The average molecular weight is 431 g/mol. The molecule has 1 fully saturated rings. The number of methoxy groups -OCH3 is 1.